The van der Waals surface area contributed by atoms with Crippen molar-refractivity contribution in [2.24, 2.45) is 11.7 Å². The summed E-state index contributed by atoms with van der Waals surface area (Å²) in [5.41, 5.74) is 6.04. The molecule has 2 nitrogen and oxygen atoms in total. The summed E-state index contributed by atoms with van der Waals surface area (Å²) in [6.07, 6.45) is 6.27. The topological polar surface area (TPSA) is 35.2 Å². The summed E-state index contributed by atoms with van der Waals surface area (Å²) in [6.45, 7) is 4.26. The van der Waals surface area contributed by atoms with Gasteiger partial charge in [-0.05, 0) is 25.7 Å². The van der Waals surface area contributed by atoms with Crippen molar-refractivity contribution in [3.05, 3.63) is 0 Å². The largest absolute Gasteiger partial charge is 0.377 e. The quantitative estimate of drug-likeness (QED) is 0.713. The molecule has 0 aliphatic heterocycles. The van der Waals surface area contributed by atoms with Crippen LogP contribution in [0.25, 0.3) is 0 Å². The molecule has 2 atom stereocenters. The highest BCUT2D eigenvalue weighted by molar-refractivity contribution is 4.88. The summed E-state index contributed by atoms with van der Waals surface area (Å²) in [6, 6.07) is 0.202. The monoisotopic (exact) mass is 185 g/mol. The smallest absolute Gasteiger partial charge is 0.0798 e. The van der Waals surface area contributed by atoms with Crippen molar-refractivity contribution in [1.82, 2.24) is 0 Å². The number of rotatable bonds is 5. The molecule has 0 amide bonds. The Balaban J connectivity index is 2.38. The highest BCUT2D eigenvalue weighted by Crippen LogP contribution is 2.33. The van der Waals surface area contributed by atoms with Crippen molar-refractivity contribution in [3.8, 4) is 0 Å². The molecule has 1 rings (SSSR count). The summed E-state index contributed by atoms with van der Waals surface area (Å²) >= 11 is 0. The normalized spacial score (nSPS) is 24.9. The van der Waals surface area contributed by atoms with Crippen molar-refractivity contribution < 1.29 is 4.74 Å². The van der Waals surface area contributed by atoms with E-state index in [1.54, 1.807) is 7.11 Å². The van der Waals surface area contributed by atoms with E-state index in [4.69, 9.17) is 10.5 Å². The highest BCUT2D eigenvalue weighted by Gasteiger charge is 2.32. The molecule has 1 saturated carbocycles. The Kier molecular flexibility index (Phi) is 3.74. The molecule has 0 aromatic rings. The predicted octanol–water partition coefficient (Wildman–Crippen LogP) is 2.32. The molecular weight excluding hydrogens is 162 g/mol. The van der Waals surface area contributed by atoms with Gasteiger partial charge < -0.3 is 10.5 Å². The second-order valence-electron chi connectivity index (χ2n) is 4.51. The van der Waals surface area contributed by atoms with Crippen molar-refractivity contribution in [1.29, 1.82) is 0 Å². The second-order valence-corrected chi connectivity index (χ2v) is 4.51. The molecule has 0 spiro atoms. The number of nitrogens with two attached hydrogens (primary N) is 1. The van der Waals surface area contributed by atoms with Crippen LogP contribution in [0.5, 0.6) is 0 Å². The Morgan fingerprint density at radius 2 is 2.15 bits per heavy atom. The van der Waals surface area contributed by atoms with E-state index in [2.05, 4.69) is 13.8 Å². The Bertz CT molecular complexity index is 150. The Morgan fingerprint density at radius 3 is 2.46 bits per heavy atom. The van der Waals surface area contributed by atoms with E-state index in [1.165, 1.54) is 19.3 Å². The van der Waals surface area contributed by atoms with Gasteiger partial charge in [-0.25, -0.2) is 0 Å². The summed E-state index contributed by atoms with van der Waals surface area (Å²) in [5.74, 6) is 0.871. The molecule has 0 heterocycles. The van der Waals surface area contributed by atoms with Crippen molar-refractivity contribution in [2.75, 3.05) is 7.11 Å². The van der Waals surface area contributed by atoms with Crippen LogP contribution in [0.4, 0.5) is 0 Å². The minimum absolute atomic E-state index is 0.115. The third-order valence-corrected chi connectivity index (χ3v) is 3.76. The maximum absolute atomic E-state index is 6.16. The van der Waals surface area contributed by atoms with E-state index in [0.29, 0.717) is 0 Å². The van der Waals surface area contributed by atoms with Crippen molar-refractivity contribution in [3.63, 3.8) is 0 Å². The zero-order valence-electron chi connectivity index (χ0n) is 9.18. The van der Waals surface area contributed by atoms with E-state index in [1.807, 2.05) is 0 Å². The van der Waals surface area contributed by atoms with Crippen LogP contribution in [0, 0.1) is 5.92 Å². The standard InChI is InChI=1S/C11H23NO/c1-4-11(2,13-3)10(12)8-9-6-5-7-9/h9-10H,4-8,12H2,1-3H3. The Morgan fingerprint density at radius 1 is 1.54 bits per heavy atom. The number of hydrogen-bond acceptors (Lipinski definition) is 2. The number of hydrogen-bond donors (Lipinski definition) is 1. The van der Waals surface area contributed by atoms with Gasteiger partial charge in [0.2, 0.25) is 0 Å². The summed E-state index contributed by atoms with van der Waals surface area (Å²) < 4.78 is 5.49. The molecule has 2 unspecified atom stereocenters. The highest BCUT2D eigenvalue weighted by atomic mass is 16.5. The van der Waals surface area contributed by atoms with Crippen LogP contribution in [0.15, 0.2) is 0 Å². The Hall–Kier alpha value is -0.0800. The van der Waals surface area contributed by atoms with E-state index in [0.717, 1.165) is 18.8 Å². The fourth-order valence-corrected chi connectivity index (χ4v) is 1.89. The molecule has 2 N–H and O–H groups in total. The Labute approximate surface area is 81.8 Å². The maximum Gasteiger partial charge on any atom is 0.0798 e. The molecule has 0 aromatic carbocycles. The van der Waals surface area contributed by atoms with Gasteiger partial charge in [0, 0.05) is 13.2 Å². The van der Waals surface area contributed by atoms with Crippen LogP contribution < -0.4 is 5.73 Å². The second kappa shape index (κ2) is 4.43. The third kappa shape index (κ3) is 2.44. The average molecular weight is 185 g/mol. The lowest BCUT2D eigenvalue weighted by Gasteiger charge is -2.37. The molecule has 0 bridgehead atoms. The molecular formula is C11H23NO. The van der Waals surface area contributed by atoms with Gasteiger partial charge in [0.15, 0.2) is 0 Å². The molecule has 0 aromatic heterocycles. The van der Waals surface area contributed by atoms with Gasteiger partial charge in [-0.15, -0.1) is 0 Å². The minimum Gasteiger partial charge on any atom is -0.377 e. The van der Waals surface area contributed by atoms with Crippen LogP contribution in [-0.4, -0.2) is 18.8 Å². The van der Waals surface area contributed by atoms with Gasteiger partial charge in [0.25, 0.3) is 0 Å². The number of methoxy groups -OCH3 is 1. The summed E-state index contributed by atoms with van der Waals surface area (Å²) in [4.78, 5) is 0. The first kappa shape index (κ1) is 11.0. The molecule has 0 saturated heterocycles. The van der Waals surface area contributed by atoms with Gasteiger partial charge in [-0.2, -0.15) is 0 Å². The SMILES string of the molecule is CCC(C)(OC)C(N)CC1CCC1. The zero-order valence-corrected chi connectivity index (χ0v) is 9.18. The van der Waals surface area contributed by atoms with Gasteiger partial charge in [0.05, 0.1) is 5.60 Å². The molecule has 1 aliphatic rings. The molecule has 2 heteroatoms. The zero-order chi connectivity index (χ0) is 9.90. The molecule has 1 fully saturated rings. The first-order valence-electron chi connectivity index (χ1n) is 5.43. The fourth-order valence-electron chi connectivity index (χ4n) is 1.89. The van der Waals surface area contributed by atoms with E-state index in [9.17, 15) is 0 Å². The molecule has 13 heavy (non-hydrogen) atoms. The van der Waals surface area contributed by atoms with Crippen molar-refractivity contribution >= 4 is 0 Å². The van der Waals surface area contributed by atoms with Crippen LogP contribution >= 0.6 is 0 Å². The maximum atomic E-state index is 6.16. The lowest BCUT2D eigenvalue weighted by molar-refractivity contribution is -0.0271. The van der Waals surface area contributed by atoms with Crippen LogP contribution in [0.2, 0.25) is 0 Å². The van der Waals surface area contributed by atoms with E-state index < -0.39 is 0 Å². The summed E-state index contributed by atoms with van der Waals surface area (Å²) in [7, 11) is 1.77. The van der Waals surface area contributed by atoms with Crippen LogP contribution in [0.3, 0.4) is 0 Å². The molecule has 1 aliphatic carbocycles. The van der Waals surface area contributed by atoms with Gasteiger partial charge in [0.1, 0.15) is 0 Å². The predicted molar refractivity (Wildman–Crippen MR) is 55.6 cm³/mol. The van der Waals surface area contributed by atoms with E-state index >= 15 is 0 Å². The van der Waals surface area contributed by atoms with Gasteiger partial charge >= 0.3 is 0 Å². The minimum atomic E-state index is -0.115. The summed E-state index contributed by atoms with van der Waals surface area (Å²) in [5, 5.41) is 0. The molecule has 0 radical (unpaired) electrons. The average Bonchev–Trinajstić information content (AvgIpc) is 2.09. The van der Waals surface area contributed by atoms with Gasteiger partial charge in [-0.1, -0.05) is 26.2 Å². The van der Waals surface area contributed by atoms with Crippen LogP contribution in [0.1, 0.15) is 46.0 Å². The van der Waals surface area contributed by atoms with E-state index in [-0.39, 0.29) is 11.6 Å². The van der Waals surface area contributed by atoms with Crippen molar-refractivity contribution in [2.45, 2.75) is 57.6 Å². The van der Waals surface area contributed by atoms with Crippen LogP contribution in [-0.2, 0) is 4.74 Å². The number of ether oxygens (including phenoxy) is 1. The lowest BCUT2D eigenvalue weighted by Crippen LogP contribution is -2.48. The van der Waals surface area contributed by atoms with Gasteiger partial charge in [-0.3, -0.25) is 0 Å². The first-order chi connectivity index (χ1) is 6.12. The fraction of sp³-hybridized carbons (Fsp3) is 1.00. The lowest BCUT2D eigenvalue weighted by atomic mass is 9.77. The first-order valence-corrected chi connectivity index (χ1v) is 5.43. The third-order valence-electron chi connectivity index (χ3n) is 3.76. The molecule has 78 valence electrons.